The summed E-state index contributed by atoms with van der Waals surface area (Å²) >= 11 is 0. The smallest absolute Gasteiger partial charge is 0.158 e. The highest BCUT2D eigenvalue weighted by Crippen LogP contribution is 2.09. The maximum absolute atomic E-state index is 8.42. The third-order valence-electron chi connectivity index (χ3n) is 1.40. The second kappa shape index (κ2) is 3.90. The molecule has 0 aromatic carbocycles. The van der Waals surface area contributed by atoms with Crippen LogP contribution in [0.5, 0.6) is 0 Å². The highest BCUT2D eigenvalue weighted by atomic mass is 17.1. The number of ether oxygens (including phenoxy) is 1. The van der Waals surface area contributed by atoms with E-state index in [0.717, 1.165) is 0 Å². The maximum atomic E-state index is 8.42. The van der Waals surface area contributed by atoms with Crippen LogP contribution in [0, 0.1) is 11.8 Å². The molecule has 0 unspecified atom stereocenters. The van der Waals surface area contributed by atoms with Crippen molar-refractivity contribution < 1.29 is 14.9 Å². The summed E-state index contributed by atoms with van der Waals surface area (Å²) in [6.07, 6.45) is 0. The van der Waals surface area contributed by atoms with E-state index >= 15 is 0 Å². The summed E-state index contributed by atoms with van der Waals surface area (Å²) in [4.78, 5) is 4.15. The van der Waals surface area contributed by atoms with Crippen LogP contribution in [0.1, 0.15) is 27.7 Å². The molecule has 0 aliphatic rings. The van der Waals surface area contributed by atoms with E-state index in [2.05, 4.69) is 16.7 Å². The van der Waals surface area contributed by atoms with E-state index in [9.17, 15) is 0 Å². The molecule has 1 N–H and O–H groups in total. The Balaban J connectivity index is 4.39. The molecular formula is C9H16O3. The lowest BCUT2D eigenvalue weighted by molar-refractivity contribution is -0.293. The molecule has 3 nitrogen and oxygen atoms in total. The van der Waals surface area contributed by atoms with Gasteiger partial charge in [-0.2, -0.15) is 0 Å². The molecule has 70 valence electrons. The SMILES string of the molecule is COC(C)(C)C#CC(C)(C)OO. The van der Waals surface area contributed by atoms with Crippen molar-refractivity contribution in [2.24, 2.45) is 0 Å². The fourth-order valence-electron chi connectivity index (χ4n) is 0.375. The second-order valence-corrected chi connectivity index (χ2v) is 3.57. The van der Waals surface area contributed by atoms with Gasteiger partial charge in [-0.25, -0.2) is 4.89 Å². The van der Waals surface area contributed by atoms with Crippen molar-refractivity contribution in [2.75, 3.05) is 7.11 Å². The van der Waals surface area contributed by atoms with Crippen LogP contribution in [-0.4, -0.2) is 23.6 Å². The zero-order valence-corrected chi connectivity index (χ0v) is 8.26. The molecule has 0 aliphatic heterocycles. The van der Waals surface area contributed by atoms with Gasteiger partial charge in [-0.05, 0) is 27.7 Å². The van der Waals surface area contributed by atoms with Gasteiger partial charge in [0.25, 0.3) is 0 Å². The van der Waals surface area contributed by atoms with Crippen molar-refractivity contribution in [1.29, 1.82) is 0 Å². The van der Waals surface area contributed by atoms with E-state index in [1.807, 2.05) is 13.8 Å². The molecule has 0 aliphatic carbocycles. The lowest BCUT2D eigenvalue weighted by atomic mass is 10.1. The third kappa shape index (κ3) is 4.35. The number of hydrogen-bond acceptors (Lipinski definition) is 3. The van der Waals surface area contributed by atoms with Gasteiger partial charge in [0.15, 0.2) is 5.60 Å². The maximum Gasteiger partial charge on any atom is 0.158 e. The quantitative estimate of drug-likeness (QED) is 0.391. The first-order valence-corrected chi connectivity index (χ1v) is 3.75. The van der Waals surface area contributed by atoms with E-state index in [0.29, 0.717) is 0 Å². The first-order chi connectivity index (χ1) is 5.33. The molecule has 0 bridgehead atoms. The molecular weight excluding hydrogens is 156 g/mol. The average molecular weight is 172 g/mol. The fourth-order valence-corrected chi connectivity index (χ4v) is 0.375. The van der Waals surface area contributed by atoms with Gasteiger partial charge >= 0.3 is 0 Å². The fraction of sp³-hybridized carbons (Fsp3) is 0.778. The van der Waals surface area contributed by atoms with E-state index in [1.165, 1.54) is 0 Å². The minimum absolute atomic E-state index is 0.504. The summed E-state index contributed by atoms with van der Waals surface area (Å²) in [6.45, 7) is 7.03. The number of rotatable bonds is 2. The highest BCUT2D eigenvalue weighted by Gasteiger charge is 2.17. The summed E-state index contributed by atoms with van der Waals surface area (Å²) in [5, 5.41) is 8.42. The van der Waals surface area contributed by atoms with E-state index in [-0.39, 0.29) is 0 Å². The van der Waals surface area contributed by atoms with Crippen LogP contribution in [-0.2, 0) is 9.62 Å². The number of hydrogen-bond donors (Lipinski definition) is 1. The predicted molar refractivity (Wildman–Crippen MR) is 46.7 cm³/mol. The average Bonchev–Trinajstić information content (AvgIpc) is 2.02. The van der Waals surface area contributed by atoms with Crippen molar-refractivity contribution in [1.82, 2.24) is 0 Å². The Labute approximate surface area is 73.6 Å². The summed E-state index contributed by atoms with van der Waals surface area (Å²) in [5.41, 5.74) is -1.34. The summed E-state index contributed by atoms with van der Waals surface area (Å²) in [7, 11) is 1.58. The van der Waals surface area contributed by atoms with Crippen molar-refractivity contribution in [3.05, 3.63) is 0 Å². The van der Waals surface area contributed by atoms with Crippen LogP contribution >= 0.6 is 0 Å². The van der Waals surface area contributed by atoms with E-state index in [4.69, 9.17) is 9.99 Å². The van der Waals surface area contributed by atoms with Crippen LogP contribution in [0.2, 0.25) is 0 Å². The topological polar surface area (TPSA) is 38.7 Å². The van der Waals surface area contributed by atoms with Crippen LogP contribution in [0.15, 0.2) is 0 Å². The largest absolute Gasteiger partial charge is 0.366 e. The third-order valence-corrected chi connectivity index (χ3v) is 1.40. The van der Waals surface area contributed by atoms with Gasteiger partial charge in [-0.3, -0.25) is 5.26 Å². The molecule has 0 rings (SSSR count). The Morgan fingerprint density at radius 3 is 1.75 bits per heavy atom. The molecule has 0 aromatic heterocycles. The zero-order valence-electron chi connectivity index (χ0n) is 8.26. The van der Waals surface area contributed by atoms with Gasteiger partial charge in [0.05, 0.1) is 0 Å². The summed E-state index contributed by atoms with van der Waals surface area (Å²) in [6, 6.07) is 0. The van der Waals surface area contributed by atoms with E-state index in [1.54, 1.807) is 21.0 Å². The molecule has 0 spiro atoms. The molecule has 12 heavy (non-hydrogen) atoms. The standard InChI is InChI=1S/C9H16O3/c1-8(2,11-5)6-7-9(3,4)12-10/h10H,1-5H3. The lowest BCUT2D eigenvalue weighted by Crippen LogP contribution is -2.24. The Morgan fingerprint density at radius 2 is 1.42 bits per heavy atom. The predicted octanol–water partition coefficient (Wildman–Crippen LogP) is 1.68. The molecule has 0 heterocycles. The van der Waals surface area contributed by atoms with Gasteiger partial charge in [0.2, 0.25) is 0 Å². The van der Waals surface area contributed by atoms with Crippen molar-refractivity contribution >= 4 is 0 Å². The molecule has 0 saturated carbocycles. The molecule has 0 amide bonds. The normalized spacial score (nSPS) is 12.2. The minimum atomic E-state index is -0.837. The molecule has 0 aromatic rings. The van der Waals surface area contributed by atoms with Crippen LogP contribution in [0.3, 0.4) is 0 Å². The highest BCUT2D eigenvalue weighted by molar-refractivity contribution is 5.17. The first-order valence-electron chi connectivity index (χ1n) is 3.75. The van der Waals surface area contributed by atoms with E-state index < -0.39 is 11.2 Å². The van der Waals surface area contributed by atoms with Crippen molar-refractivity contribution in [3.8, 4) is 11.8 Å². The summed E-state index contributed by atoms with van der Waals surface area (Å²) < 4.78 is 5.07. The minimum Gasteiger partial charge on any atom is -0.366 e. The van der Waals surface area contributed by atoms with Gasteiger partial charge in [0, 0.05) is 7.11 Å². The number of methoxy groups -OCH3 is 1. The molecule has 0 radical (unpaired) electrons. The molecule has 0 atom stereocenters. The molecule has 0 saturated heterocycles. The van der Waals surface area contributed by atoms with Gasteiger partial charge in [0.1, 0.15) is 5.60 Å². The van der Waals surface area contributed by atoms with Gasteiger partial charge in [-0.1, -0.05) is 11.8 Å². The first kappa shape index (κ1) is 11.4. The van der Waals surface area contributed by atoms with Gasteiger partial charge < -0.3 is 4.74 Å². The van der Waals surface area contributed by atoms with Crippen molar-refractivity contribution in [2.45, 2.75) is 38.9 Å². The van der Waals surface area contributed by atoms with Crippen LogP contribution < -0.4 is 0 Å². The molecule has 0 fully saturated rings. The van der Waals surface area contributed by atoms with Crippen LogP contribution in [0.4, 0.5) is 0 Å². The zero-order chi connectivity index (χ0) is 9.83. The second-order valence-electron chi connectivity index (χ2n) is 3.57. The van der Waals surface area contributed by atoms with Gasteiger partial charge in [-0.15, -0.1) is 0 Å². The Bertz CT molecular complexity index is 176. The molecule has 3 heteroatoms. The monoisotopic (exact) mass is 172 g/mol. The summed E-state index contributed by atoms with van der Waals surface area (Å²) in [5.74, 6) is 5.60. The van der Waals surface area contributed by atoms with Crippen molar-refractivity contribution in [3.63, 3.8) is 0 Å². The van der Waals surface area contributed by atoms with Crippen LogP contribution in [0.25, 0.3) is 0 Å². The Kier molecular flexibility index (Phi) is 3.72. The lowest BCUT2D eigenvalue weighted by Gasteiger charge is -2.17. The Hall–Kier alpha value is -0.560. The Morgan fingerprint density at radius 1 is 1.00 bits per heavy atom.